The second kappa shape index (κ2) is 6.83. The van der Waals surface area contributed by atoms with Crippen molar-refractivity contribution < 1.29 is 14.6 Å². The van der Waals surface area contributed by atoms with E-state index in [4.69, 9.17) is 21.1 Å². The molecule has 2 aromatic rings. The van der Waals surface area contributed by atoms with Crippen molar-refractivity contribution in [3.05, 3.63) is 58.1 Å². The quantitative estimate of drug-likeness (QED) is 0.895. The van der Waals surface area contributed by atoms with Crippen molar-refractivity contribution in [2.75, 3.05) is 7.11 Å². The molecule has 0 unspecified atom stereocenters. The van der Waals surface area contributed by atoms with Crippen LogP contribution in [0.3, 0.4) is 0 Å². The summed E-state index contributed by atoms with van der Waals surface area (Å²) in [6.45, 7) is 4.07. The summed E-state index contributed by atoms with van der Waals surface area (Å²) in [5.74, 6) is 1.41. The predicted molar refractivity (Wildman–Crippen MR) is 84.1 cm³/mol. The normalized spacial score (nSPS) is 12.0. The van der Waals surface area contributed by atoms with E-state index in [-0.39, 0.29) is 0 Å². The van der Waals surface area contributed by atoms with Gasteiger partial charge in [-0.1, -0.05) is 23.2 Å². The highest BCUT2D eigenvalue weighted by molar-refractivity contribution is 6.30. The summed E-state index contributed by atoms with van der Waals surface area (Å²) < 4.78 is 11.2. The average molecular weight is 307 g/mol. The smallest absolute Gasteiger partial charge is 0.125 e. The van der Waals surface area contributed by atoms with Gasteiger partial charge in [0, 0.05) is 16.1 Å². The molecule has 0 aliphatic carbocycles. The first-order valence-electron chi connectivity index (χ1n) is 6.75. The third kappa shape index (κ3) is 3.90. The van der Waals surface area contributed by atoms with Crippen LogP contribution in [0.2, 0.25) is 5.02 Å². The molecule has 0 aliphatic heterocycles. The maximum absolute atomic E-state index is 9.81. The summed E-state index contributed by atoms with van der Waals surface area (Å²) in [7, 11) is 1.64. The molecule has 112 valence electrons. The van der Waals surface area contributed by atoms with Crippen molar-refractivity contribution in [1.82, 2.24) is 0 Å². The Kier molecular flexibility index (Phi) is 5.10. The van der Waals surface area contributed by atoms with Crippen LogP contribution in [0, 0.1) is 6.92 Å². The minimum atomic E-state index is -0.641. The highest BCUT2D eigenvalue weighted by atomic mass is 35.5. The minimum Gasteiger partial charge on any atom is -0.496 e. The molecule has 0 aliphatic rings. The number of aliphatic hydroxyl groups excluding tert-OH is 1. The first-order chi connectivity index (χ1) is 10.0. The van der Waals surface area contributed by atoms with Gasteiger partial charge in [-0.05, 0) is 44.2 Å². The zero-order valence-electron chi connectivity index (χ0n) is 12.4. The Hall–Kier alpha value is -1.71. The summed E-state index contributed by atoms with van der Waals surface area (Å²) in [6, 6.07) is 11.2. The van der Waals surface area contributed by atoms with E-state index in [0.717, 1.165) is 16.9 Å². The van der Waals surface area contributed by atoms with Crippen LogP contribution in [0.4, 0.5) is 0 Å². The number of hydrogen-bond donors (Lipinski definition) is 1. The first-order valence-corrected chi connectivity index (χ1v) is 7.13. The van der Waals surface area contributed by atoms with E-state index in [2.05, 4.69) is 0 Å². The topological polar surface area (TPSA) is 38.7 Å². The van der Waals surface area contributed by atoms with Crippen LogP contribution in [0.5, 0.6) is 11.5 Å². The minimum absolute atomic E-state index is 0.367. The maximum Gasteiger partial charge on any atom is 0.125 e. The Balaban J connectivity index is 2.22. The van der Waals surface area contributed by atoms with E-state index in [0.29, 0.717) is 22.9 Å². The molecule has 3 nitrogen and oxygen atoms in total. The molecule has 0 bridgehead atoms. The number of benzene rings is 2. The summed E-state index contributed by atoms with van der Waals surface area (Å²) >= 11 is 5.96. The molecule has 0 aromatic heterocycles. The van der Waals surface area contributed by atoms with Crippen molar-refractivity contribution in [3.63, 3.8) is 0 Å². The number of aryl methyl sites for hydroxylation is 1. The molecule has 0 radical (unpaired) electrons. The average Bonchev–Trinajstić information content (AvgIpc) is 2.46. The molecular weight excluding hydrogens is 288 g/mol. The highest BCUT2D eigenvalue weighted by Crippen LogP contribution is 2.30. The number of aliphatic hydroxyl groups is 1. The van der Waals surface area contributed by atoms with Crippen molar-refractivity contribution in [2.24, 2.45) is 0 Å². The lowest BCUT2D eigenvalue weighted by atomic mass is 10.1. The molecule has 1 atom stereocenters. The zero-order chi connectivity index (χ0) is 15.4. The van der Waals surface area contributed by atoms with Crippen LogP contribution in [0.25, 0.3) is 0 Å². The molecular formula is C17H19ClO3. The van der Waals surface area contributed by atoms with Gasteiger partial charge in [0.05, 0.1) is 13.2 Å². The molecule has 0 saturated heterocycles. The highest BCUT2D eigenvalue weighted by Gasteiger charge is 2.11. The predicted octanol–water partition coefficient (Wildman–Crippen LogP) is 4.29. The SMILES string of the molecule is COc1ccc(C)cc1COc1ccc(Cl)cc1[C@H](C)O. The van der Waals surface area contributed by atoms with Gasteiger partial charge in [-0.25, -0.2) is 0 Å². The summed E-state index contributed by atoms with van der Waals surface area (Å²) in [6.07, 6.45) is -0.641. The van der Waals surface area contributed by atoms with Gasteiger partial charge in [0.2, 0.25) is 0 Å². The fraction of sp³-hybridized carbons (Fsp3) is 0.294. The molecule has 4 heteroatoms. The lowest BCUT2D eigenvalue weighted by Crippen LogP contribution is -2.03. The third-order valence-electron chi connectivity index (χ3n) is 3.24. The lowest BCUT2D eigenvalue weighted by molar-refractivity contribution is 0.190. The van der Waals surface area contributed by atoms with E-state index >= 15 is 0 Å². The van der Waals surface area contributed by atoms with Crippen molar-refractivity contribution >= 4 is 11.6 Å². The number of halogens is 1. The summed E-state index contributed by atoms with van der Waals surface area (Å²) in [5.41, 5.74) is 2.78. The molecule has 0 fully saturated rings. The molecule has 2 aromatic carbocycles. The first kappa shape index (κ1) is 15.7. The van der Waals surface area contributed by atoms with E-state index < -0.39 is 6.10 Å². The van der Waals surface area contributed by atoms with Gasteiger partial charge in [-0.15, -0.1) is 0 Å². The standard InChI is InChI=1S/C17H19ClO3/c1-11-4-6-16(20-3)13(8-11)10-21-17-7-5-14(18)9-15(17)12(2)19/h4-9,12,19H,10H2,1-3H3/t12-/m0/s1. The van der Waals surface area contributed by atoms with E-state index in [1.807, 2.05) is 25.1 Å². The molecule has 0 spiro atoms. The molecule has 1 N–H and O–H groups in total. The van der Waals surface area contributed by atoms with E-state index in [1.54, 1.807) is 32.2 Å². The van der Waals surface area contributed by atoms with Crippen LogP contribution in [-0.4, -0.2) is 12.2 Å². The van der Waals surface area contributed by atoms with E-state index in [9.17, 15) is 5.11 Å². The van der Waals surface area contributed by atoms with Gasteiger partial charge >= 0.3 is 0 Å². The molecule has 0 amide bonds. The van der Waals surface area contributed by atoms with Crippen LogP contribution in [0.15, 0.2) is 36.4 Å². The fourth-order valence-corrected chi connectivity index (χ4v) is 2.33. The van der Waals surface area contributed by atoms with Crippen LogP contribution >= 0.6 is 11.6 Å². The largest absolute Gasteiger partial charge is 0.496 e. The zero-order valence-corrected chi connectivity index (χ0v) is 13.1. The number of methoxy groups -OCH3 is 1. The number of rotatable bonds is 5. The Labute approximate surface area is 130 Å². The van der Waals surface area contributed by atoms with Crippen LogP contribution < -0.4 is 9.47 Å². The Morgan fingerprint density at radius 2 is 1.86 bits per heavy atom. The lowest BCUT2D eigenvalue weighted by Gasteiger charge is -2.15. The van der Waals surface area contributed by atoms with Crippen LogP contribution in [-0.2, 0) is 6.61 Å². The number of hydrogen-bond acceptors (Lipinski definition) is 3. The van der Waals surface area contributed by atoms with Crippen molar-refractivity contribution in [2.45, 2.75) is 26.6 Å². The molecule has 0 saturated carbocycles. The molecule has 0 heterocycles. The summed E-state index contributed by atoms with van der Waals surface area (Å²) in [5, 5.41) is 10.4. The van der Waals surface area contributed by atoms with Crippen LogP contribution in [0.1, 0.15) is 29.7 Å². The van der Waals surface area contributed by atoms with Gasteiger partial charge in [0.1, 0.15) is 18.1 Å². The Bertz CT molecular complexity index is 623. The van der Waals surface area contributed by atoms with Gasteiger partial charge in [-0.3, -0.25) is 0 Å². The van der Waals surface area contributed by atoms with Gasteiger partial charge in [-0.2, -0.15) is 0 Å². The Morgan fingerprint density at radius 1 is 1.14 bits per heavy atom. The monoisotopic (exact) mass is 306 g/mol. The van der Waals surface area contributed by atoms with Gasteiger partial charge < -0.3 is 14.6 Å². The van der Waals surface area contributed by atoms with Crippen molar-refractivity contribution in [3.8, 4) is 11.5 Å². The maximum atomic E-state index is 9.81. The Morgan fingerprint density at radius 3 is 2.52 bits per heavy atom. The molecule has 21 heavy (non-hydrogen) atoms. The van der Waals surface area contributed by atoms with Gasteiger partial charge in [0.15, 0.2) is 0 Å². The van der Waals surface area contributed by atoms with Crippen molar-refractivity contribution in [1.29, 1.82) is 0 Å². The number of ether oxygens (including phenoxy) is 2. The fourth-order valence-electron chi connectivity index (χ4n) is 2.15. The van der Waals surface area contributed by atoms with Gasteiger partial charge in [0.25, 0.3) is 0 Å². The van der Waals surface area contributed by atoms with E-state index in [1.165, 1.54) is 0 Å². The second-order valence-electron chi connectivity index (χ2n) is 4.96. The second-order valence-corrected chi connectivity index (χ2v) is 5.40. The summed E-state index contributed by atoms with van der Waals surface area (Å²) in [4.78, 5) is 0. The molecule has 2 rings (SSSR count). The third-order valence-corrected chi connectivity index (χ3v) is 3.48.